The summed E-state index contributed by atoms with van der Waals surface area (Å²) in [5.74, 6) is -3.01. The van der Waals surface area contributed by atoms with Gasteiger partial charge in [-0.3, -0.25) is 4.90 Å². The number of likely N-dealkylation sites (tertiary alicyclic amines) is 1. The molecule has 1 aliphatic heterocycles. The van der Waals surface area contributed by atoms with Crippen LogP contribution in [0.4, 0.5) is 13.2 Å². The molecule has 1 saturated heterocycles. The van der Waals surface area contributed by atoms with E-state index >= 15 is 0 Å². The Balaban J connectivity index is 1.82. The zero-order valence-electron chi connectivity index (χ0n) is 10.6. The van der Waals surface area contributed by atoms with Gasteiger partial charge >= 0.3 is 0 Å². The van der Waals surface area contributed by atoms with Crippen molar-refractivity contribution in [1.29, 1.82) is 0 Å². The number of ether oxygens (including phenoxy) is 1. The molecule has 0 atom stereocenters. The summed E-state index contributed by atoms with van der Waals surface area (Å²) in [5.41, 5.74) is 0. The SMILES string of the molecule is Fc1cc(Cl)cc(Br)c1OCCN1CCC(F)(F)CC1. The molecule has 0 spiro atoms. The molecular formula is C13H14BrClF3NO. The number of benzene rings is 1. The minimum Gasteiger partial charge on any atom is -0.488 e. The molecule has 0 aromatic heterocycles. The van der Waals surface area contributed by atoms with Crippen LogP contribution in [-0.4, -0.2) is 37.1 Å². The van der Waals surface area contributed by atoms with Crippen molar-refractivity contribution in [2.75, 3.05) is 26.2 Å². The Labute approximate surface area is 129 Å². The summed E-state index contributed by atoms with van der Waals surface area (Å²) in [6, 6.07) is 2.71. The van der Waals surface area contributed by atoms with Gasteiger partial charge in [0.1, 0.15) is 6.61 Å². The molecule has 0 saturated carbocycles. The second kappa shape index (κ2) is 6.54. The molecule has 2 rings (SSSR count). The van der Waals surface area contributed by atoms with Crippen molar-refractivity contribution in [3.8, 4) is 5.75 Å². The van der Waals surface area contributed by atoms with Crippen molar-refractivity contribution in [1.82, 2.24) is 4.90 Å². The van der Waals surface area contributed by atoms with Crippen LogP contribution in [0.2, 0.25) is 5.02 Å². The largest absolute Gasteiger partial charge is 0.488 e. The van der Waals surface area contributed by atoms with E-state index < -0.39 is 11.7 Å². The van der Waals surface area contributed by atoms with E-state index in [9.17, 15) is 13.2 Å². The Morgan fingerprint density at radius 2 is 1.95 bits per heavy atom. The van der Waals surface area contributed by atoms with Gasteiger partial charge in [-0.25, -0.2) is 13.2 Å². The number of rotatable bonds is 4. The van der Waals surface area contributed by atoms with Crippen LogP contribution in [-0.2, 0) is 0 Å². The van der Waals surface area contributed by atoms with Crippen LogP contribution in [0.3, 0.4) is 0 Å². The lowest BCUT2D eigenvalue weighted by molar-refractivity contribution is -0.0564. The lowest BCUT2D eigenvalue weighted by atomic mass is 10.1. The summed E-state index contributed by atoms with van der Waals surface area (Å²) in [7, 11) is 0. The van der Waals surface area contributed by atoms with Crippen LogP contribution < -0.4 is 4.74 Å². The molecule has 2 nitrogen and oxygen atoms in total. The van der Waals surface area contributed by atoms with Gasteiger partial charge < -0.3 is 4.74 Å². The quantitative estimate of drug-likeness (QED) is 0.779. The Morgan fingerprint density at radius 3 is 2.55 bits per heavy atom. The third-order valence-corrected chi connectivity index (χ3v) is 4.01. The smallest absolute Gasteiger partial charge is 0.250 e. The molecule has 1 heterocycles. The molecule has 7 heteroatoms. The molecular weight excluding hydrogens is 359 g/mol. The molecule has 0 amide bonds. The number of hydrogen-bond acceptors (Lipinski definition) is 2. The van der Waals surface area contributed by atoms with E-state index in [1.54, 1.807) is 6.07 Å². The average molecular weight is 373 g/mol. The lowest BCUT2D eigenvalue weighted by Crippen LogP contribution is -2.41. The minimum atomic E-state index is -2.55. The maximum absolute atomic E-state index is 13.6. The van der Waals surface area contributed by atoms with Gasteiger partial charge in [-0.05, 0) is 28.1 Å². The van der Waals surface area contributed by atoms with E-state index in [0.29, 0.717) is 24.1 Å². The first-order chi connectivity index (χ1) is 9.37. The first-order valence-electron chi connectivity index (χ1n) is 6.25. The topological polar surface area (TPSA) is 12.5 Å². The highest BCUT2D eigenvalue weighted by Crippen LogP contribution is 2.32. The molecule has 1 aromatic rings. The van der Waals surface area contributed by atoms with Gasteiger partial charge in [0.05, 0.1) is 4.47 Å². The molecule has 0 bridgehead atoms. The van der Waals surface area contributed by atoms with Crippen LogP contribution in [0.5, 0.6) is 5.75 Å². The van der Waals surface area contributed by atoms with Gasteiger partial charge in [0.2, 0.25) is 0 Å². The van der Waals surface area contributed by atoms with Crippen LogP contribution in [0, 0.1) is 5.82 Å². The van der Waals surface area contributed by atoms with Gasteiger partial charge in [0.25, 0.3) is 5.92 Å². The molecule has 1 aromatic carbocycles. The molecule has 0 aliphatic carbocycles. The van der Waals surface area contributed by atoms with Crippen molar-refractivity contribution >= 4 is 27.5 Å². The van der Waals surface area contributed by atoms with Crippen molar-refractivity contribution < 1.29 is 17.9 Å². The molecule has 1 fully saturated rings. The van der Waals surface area contributed by atoms with Gasteiger partial charge in [-0.2, -0.15) is 0 Å². The van der Waals surface area contributed by atoms with Crippen LogP contribution in [0.1, 0.15) is 12.8 Å². The second-order valence-electron chi connectivity index (χ2n) is 4.74. The van der Waals surface area contributed by atoms with E-state index in [1.165, 1.54) is 6.07 Å². The number of nitrogens with zero attached hydrogens (tertiary/aromatic N) is 1. The maximum atomic E-state index is 13.6. The molecule has 0 N–H and O–H groups in total. The van der Waals surface area contributed by atoms with Gasteiger partial charge in [-0.1, -0.05) is 11.6 Å². The first kappa shape index (κ1) is 15.9. The van der Waals surface area contributed by atoms with Crippen LogP contribution >= 0.6 is 27.5 Å². The summed E-state index contributed by atoms with van der Waals surface area (Å²) in [4.78, 5) is 1.89. The summed E-state index contributed by atoms with van der Waals surface area (Å²) in [6.07, 6.45) is -0.266. The molecule has 0 unspecified atom stereocenters. The standard InChI is InChI=1S/C13H14BrClF3NO/c14-10-7-9(15)8-11(16)12(10)20-6-5-19-3-1-13(17,18)2-4-19/h7-8H,1-6H2. The van der Waals surface area contributed by atoms with Crippen molar-refractivity contribution in [2.24, 2.45) is 0 Å². The Bertz CT molecular complexity index is 454. The fraction of sp³-hybridized carbons (Fsp3) is 0.538. The number of hydrogen-bond donors (Lipinski definition) is 0. The molecule has 112 valence electrons. The number of piperidine rings is 1. The molecule has 1 aliphatic rings. The molecule has 20 heavy (non-hydrogen) atoms. The Kier molecular flexibility index (Phi) is 5.20. The predicted octanol–water partition coefficient (Wildman–Crippen LogP) is 4.35. The van der Waals surface area contributed by atoms with Crippen LogP contribution in [0.15, 0.2) is 16.6 Å². The predicted molar refractivity (Wildman–Crippen MR) is 75.2 cm³/mol. The maximum Gasteiger partial charge on any atom is 0.250 e. The Hall–Kier alpha value is -0.460. The van der Waals surface area contributed by atoms with Gasteiger partial charge in [-0.15, -0.1) is 0 Å². The fourth-order valence-electron chi connectivity index (χ4n) is 2.05. The number of halogens is 5. The third kappa shape index (κ3) is 4.27. The van der Waals surface area contributed by atoms with Crippen molar-refractivity contribution in [3.63, 3.8) is 0 Å². The van der Waals surface area contributed by atoms with Gasteiger partial charge in [0.15, 0.2) is 11.6 Å². The summed E-state index contributed by atoms with van der Waals surface area (Å²) >= 11 is 8.88. The molecule has 0 radical (unpaired) electrons. The van der Waals surface area contributed by atoms with Crippen molar-refractivity contribution in [3.05, 3.63) is 27.4 Å². The second-order valence-corrected chi connectivity index (χ2v) is 6.04. The summed E-state index contributed by atoms with van der Waals surface area (Å²) in [5, 5.41) is 0.278. The van der Waals surface area contributed by atoms with Crippen LogP contribution in [0.25, 0.3) is 0 Å². The fourth-order valence-corrected chi connectivity index (χ4v) is 2.93. The van der Waals surface area contributed by atoms with E-state index in [2.05, 4.69) is 15.9 Å². The zero-order valence-corrected chi connectivity index (χ0v) is 13.0. The minimum absolute atomic E-state index is 0.0942. The highest BCUT2D eigenvalue weighted by molar-refractivity contribution is 9.10. The average Bonchev–Trinajstić information content (AvgIpc) is 2.34. The highest BCUT2D eigenvalue weighted by Gasteiger charge is 2.33. The Morgan fingerprint density at radius 1 is 1.30 bits per heavy atom. The monoisotopic (exact) mass is 371 g/mol. The summed E-state index contributed by atoms with van der Waals surface area (Å²) < 4.78 is 45.4. The van der Waals surface area contributed by atoms with E-state index in [1.807, 2.05) is 4.90 Å². The summed E-state index contributed by atoms with van der Waals surface area (Å²) in [6.45, 7) is 1.40. The first-order valence-corrected chi connectivity index (χ1v) is 7.42. The van der Waals surface area contributed by atoms with Gasteiger partial charge in [0, 0.05) is 37.5 Å². The van der Waals surface area contributed by atoms with Crippen molar-refractivity contribution in [2.45, 2.75) is 18.8 Å². The van der Waals surface area contributed by atoms with E-state index in [4.69, 9.17) is 16.3 Å². The number of alkyl halides is 2. The van der Waals surface area contributed by atoms with E-state index in [0.717, 1.165) is 0 Å². The lowest BCUT2D eigenvalue weighted by Gasteiger charge is -2.31. The third-order valence-electron chi connectivity index (χ3n) is 3.20. The normalized spacial score (nSPS) is 19.1. The zero-order chi connectivity index (χ0) is 14.8. The highest BCUT2D eigenvalue weighted by atomic mass is 79.9. The van der Waals surface area contributed by atoms with E-state index in [-0.39, 0.29) is 30.2 Å².